The number of carbonyl (C=O) groups excluding carboxylic acids is 1. The Kier molecular flexibility index (Phi) is 5.80. The SMILES string of the molecule is CCCn1ncc(S(=O)(=O)N2CCC3=Cc4c(cnn4-c4ccc(F)cc4)C[C@]3(C(=O)OC)C2)n1. The number of aromatic nitrogens is 5. The topological polar surface area (TPSA) is 112 Å². The van der Waals surface area contributed by atoms with Crippen LogP contribution in [0, 0.1) is 11.2 Å². The number of rotatable bonds is 6. The van der Waals surface area contributed by atoms with Crippen molar-refractivity contribution in [2.24, 2.45) is 5.41 Å². The molecule has 3 heterocycles. The van der Waals surface area contributed by atoms with Crippen LogP contribution in [0.15, 0.2) is 47.3 Å². The molecule has 0 saturated carbocycles. The molecule has 5 rings (SSSR count). The van der Waals surface area contributed by atoms with Crippen LogP contribution in [0.2, 0.25) is 0 Å². The summed E-state index contributed by atoms with van der Waals surface area (Å²) in [7, 11) is -2.66. The van der Waals surface area contributed by atoms with Crippen LogP contribution in [-0.4, -0.2) is 63.7 Å². The third kappa shape index (κ3) is 3.86. The van der Waals surface area contributed by atoms with Crippen molar-refractivity contribution in [1.29, 1.82) is 0 Å². The van der Waals surface area contributed by atoms with Gasteiger partial charge in [0.2, 0.25) is 5.03 Å². The number of hydrogen-bond donors (Lipinski definition) is 0. The van der Waals surface area contributed by atoms with Gasteiger partial charge in [0.15, 0.2) is 0 Å². The van der Waals surface area contributed by atoms with Crippen molar-refractivity contribution in [1.82, 2.24) is 29.1 Å². The van der Waals surface area contributed by atoms with Crippen molar-refractivity contribution in [2.45, 2.75) is 37.8 Å². The van der Waals surface area contributed by atoms with Crippen molar-refractivity contribution >= 4 is 22.1 Å². The number of aryl methyl sites for hydroxylation is 1. The van der Waals surface area contributed by atoms with Crippen LogP contribution < -0.4 is 0 Å². The van der Waals surface area contributed by atoms with E-state index in [1.165, 1.54) is 34.5 Å². The minimum Gasteiger partial charge on any atom is -0.468 e. The summed E-state index contributed by atoms with van der Waals surface area (Å²) in [6, 6.07) is 5.98. The average molecular weight is 501 g/mol. The normalized spacial score (nSPS) is 20.1. The Hall–Kier alpha value is -3.38. The van der Waals surface area contributed by atoms with E-state index in [1.807, 2.05) is 13.0 Å². The van der Waals surface area contributed by atoms with Crippen LogP contribution in [0.5, 0.6) is 0 Å². The quantitative estimate of drug-likeness (QED) is 0.477. The van der Waals surface area contributed by atoms with Crippen LogP contribution in [0.4, 0.5) is 4.39 Å². The highest BCUT2D eigenvalue weighted by atomic mass is 32.2. The minimum absolute atomic E-state index is 0.0738. The largest absolute Gasteiger partial charge is 0.468 e. The Bertz CT molecular complexity index is 1410. The molecule has 1 aliphatic carbocycles. The third-order valence-corrected chi connectivity index (χ3v) is 8.28. The van der Waals surface area contributed by atoms with Gasteiger partial charge in [0.1, 0.15) is 11.2 Å². The molecule has 0 bridgehead atoms. The number of benzene rings is 1. The van der Waals surface area contributed by atoms with Crippen LogP contribution in [-0.2, 0) is 32.5 Å². The van der Waals surface area contributed by atoms with Crippen molar-refractivity contribution < 1.29 is 22.3 Å². The second-order valence-corrected chi connectivity index (χ2v) is 10.6. The maximum Gasteiger partial charge on any atom is 0.317 e. The maximum absolute atomic E-state index is 13.4. The second-order valence-electron chi connectivity index (χ2n) is 8.73. The van der Waals surface area contributed by atoms with Gasteiger partial charge in [-0.1, -0.05) is 6.92 Å². The van der Waals surface area contributed by atoms with E-state index in [0.29, 0.717) is 18.7 Å². The number of piperidine rings is 1. The molecule has 2 aromatic heterocycles. The number of hydrogen-bond acceptors (Lipinski definition) is 7. The monoisotopic (exact) mass is 500 g/mol. The Morgan fingerprint density at radius 3 is 2.69 bits per heavy atom. The summed E-state index contributed by atoms with van der Waals surface area (Å²) < 4.78 is 48.3. The number of sulfonamides is 1. The molecule has 10 nitrogen and oxygen atoms in total. The molecule has 1 aliphatic heterocycles. The molecule has 2 aliphatic rings. The van der Waals surface area contributed by atoms with Gasteiger partial charge in [-0.05, 0) is 60.7 Å². The van der Waals surface area contributed by atoms with Crippen LogP contribution in [0.25, 0.3) is 11.8 Å². The van der Waals surface area contributed by atoms with E-state index >= 15 is 0 Å². The molecule has 3 aromatic rings. The number of methoxy groups -OCH3 is 1. The smallest absolute Gasteiger partial charge is 0.317 e. The van der Waals surface area contributed by atoms with E-state index in [-0.39, 0.29) is 30.4 Å². The Balaban J connectivity index is 1.51. The van der Waals surface area contributed by atoms with Gasteiger partial charge in [-0.25, -0.2) is 17.5 Å². The summed E-state index contributed by atoms with van der Waals surface area (Å²) in [4.78, 5) is 14.5. The Morgan fingerprint density at radius 1 is 1.20 bits per heavy atom. The van der Waals surface area contributed by atoms with E-state index in [2.05, 4.69) is 15.3 Å². The molecule has 184 valence electrons. The van der Waals surface area contributed by atoms with E-state index in [9.17, 15) is 17.6 Å². The van der Waals surface area contributed by atoms with Gasteiger partial charge in [0.05, 0.1) is 37.4 Å². The van der Waals surface area contributed by atoms with Gasteiger partial charge in [0.25, 0.3) is 10.0 Å². The molecule has 12 heteroatoms. The molecule has 1 aromatic carbocycles. The molecular formula is C23H25FN6O4S. The van der Waals surface area contributed by atoms with Crippen molar-refractivity contribution in [2.75, 3.05) is 20.2 Å². The van der Waals surface area contributed by atoms with Gasteiger partial charge in [-0.15, -0.1) is 5.10 Å². The molecular weight excluding hydrogens is 475 g/mol. The molecule has 1 saturated heterocycles. The van der Waals surface area contributed by atoms with Gasteiger partial charge in [-0.2, -0.15) is 19.3 Å². The predicted octanol–water partition coefficient (Wildman–Crippen LogP) is 2.21. The first-order valence-corrected chi connectivity index (χ1v) is 12.7. The van der Waals surface area contributed by atoms with Crippen molar-refractivity contribution in [3.63, 3.8) is 0 Å². The highest BCUT2D eigenvalue weighted by Gasteiger charge is 2.52. The number of ether oxygens (including phenoxy) is 1. The molecule has 0 amide bonds. The average Bonchev–Trinajstić information content (AvgIpc) is 3.49. The molecule has 0 unspecified atom stereocenters. The van der Waals surface area contributed by atoms with Crippen LogP contribution >= 0.6 is 0 Å². The number of halogens is 1. The zero-order valence-electron chi connectivity index (χ0n) is 19.4. The zero-order valence-corrected chi connectivity index (χ0v) is 20.2. The zero-order chi connectivity index (χ0) is 24.8. The fourth-order valence-electron chi connectivity index (χ4n) is 4.81. The summed E-state index contributed by atoms with van der Waals surface area (Å²) in [5.74, 6) is -0.848. The first kappa shape index (κ1) is 23.4. The molecule has 0 N–H and O–H groups in total. The minimum atomic E-state index is -3.96. The van der Waals surface area contributed by atoms with Crippen molar-refractivity contribution in [3.8, 4) is 5.69 Å². The highest BCUT2D eigenvalue weighted by Crippen LogP contribution is 2.46. The van der Waals surface area contributed by atoms with Gasteiger partial charge < -0.3 is 4.74 Å². The van der Waals surface area contributed by atoms with Gasteiger partial charge in [0, 0.05) is 13.1 Å². The molecule has 35 heavy (non-hydrogen) atoms. The third-order valence-electron chi connectivity index (χ3n) is 6.57. The summed E-state index contributed by atoms with van der Waals surface area (Å²) in [5.41, 5.74) is 1.84. The van der Waals surface area contributed by atoms with Crippen molar-refractivity contribution in [3.05, 3.63) is 59.3 Å². The van der Waals surface area contributed by atoms with Crippen LogP contribution in [0.3, 0.4) is 0 Å². The Labute approximate surface area is 202 Å². The van der Waals surface area contributed by atoms with E-state index < -0.39 is 21.4 Å². The second kappa shape index (κ2) is 8.68. The van der Waals surface area contributed by atoms with Gasteiger partial charge >= 0.3 is 5.97 Å². The highest BCUT2D eigenvalue weighted by molar-refractivity contribution is 7.89. The standard InChI is InChI=1S/C23H25FN6O4S/c1-3-9-29-25-14-21(27-29)35(32,33)28-10-8-17-11-20-16(12-23(17,15-28)22(31)34-2)13-26-30(20)19-6-4-18(24)5-7-19/h4-7,11,13-14H,3,8-10,12,15H2,1-2H3/t23-/m0/s1. The number of esters is 1. The molecule has 1 atom stereocenters. The maximum atomic E-state index is 13.4. The van der Waals surface area contributed by atoms with Crippen LogP contribution in [0.1, 0.15) is 31.0 Å². The molecule has 0 spiro atoms. The predicted molar refractivity (Wildman–Crippen MR) is 123 cm³/mol. The molecule has 0 radical (unpaired) electrons. The lowest BCUT2D eigenvalue weighted by Crippen LogP contribution is -2.53. The lowest BCUT2D eigenvalue weighted by molar-refractivity contribution is -0.151. The summed E-state index contributed by atoms with van der Waals surface area (Å²) >= 11 is 0. The fourth-order valence-corrected chi connectivity index (χ4v) is 6.18. The summed E-state index contributed by atoms with van der Waals surface area (Å²) in [5, 5.41) is 12.5. The number of fused-ring (bicyclic) bond motifs is 2. The number of carbonyl (C=O) groups is 1. The van der Waals surface area contributed by atoms with Gasteiger partial charge in [-0.3, -0.25) is 4.79 Å². The fraction of sp³-hybridized carbons (Fsp3) is 0.391. The summed E-state index contributed by atoms with van der Waals surface area (Å²) in [6.45, 7) is 2.57. The first-order chi connectivity index (χ1) is 16.8. The summed E-state index contributed by atoms with van der Waals surface area (Å²) in [6.07, 6.45) is 6.12. The lowest BCUT2D eigenvalue weighted by atomic mass is 9.69. The number of nitrogens with zero attached hydrogens (tertiary/aromatic N) is 6. The van der Waals surface area contributed by atoms with E-state index in [4.69, 9.17) is 4.74 Å². The Morgan fingerprint density at radius 2 is 1.97 bits per heavy atom. The first-order valence-electron chi connectivity index (χ1n) is 11.3. The lowest BCUT2D eigenvalue weighted by Gasteiger charge is -2.43. The molecule has 1 fully saturated rings. The van der Waals surface area contributed by atoms with E-state index in [1.54, 1.807) is 23.0 Å². The van der Waals surface area contributed by atoms with E-state index in [0.717, 1.165) is 23.3 Å².